The van der Waals surface area contributed by atoms with Crippen LogP contribution in [0, 0.1) is 0 Å². The van der Waals surface area contributed by atoms with E-state index in [0.717, 1.165) is 29.7 Å². The Bertz CT molecular complexity index is 575. The molecule has 0 aromatic heterocycles. The molecule has 0 radical (unpaired) electrons. The van der Waals surface area contributed by atoms with Gasteiger partial charge in [0.05, 0.1) is 6.61 Å². The van der Waals surface area contributed by atoms with Crippen molar-refractivity contribution < 1.29 is 4.74 Å². The van der Waals surface area contributed by atoms with Gasteiger partial charge in [-0.15, -0.1) is 6.58 Å². The van der Waals surface area contributed by atoms with Gasteiger partial charge in [0, 0.05) is 12.5 Å². The minimum absolute atomic E-state index is 0.0342. The minimum Gasteiger partial charge on any atom is -0.493 e. The molecule has 2 aromatic rings. The normalized spacial score (nSPS) is 11.9. The largest absolute Gasteiger partial charge is 0.493 e. The van der Waals surface area contributed by atoms with Gasteiger partial charge >= 0.3 is 0 Å². The van der Waals surface area contributed by atoms with Gasteiger partial charge in [0.2, 0.25) is 0 Å². The van der Waals surface area contributed by atoms with Crippen LogP contribution in [0.3, 0.4) is 0 Å². The number of hydrogen-bond acceptors (Lipinski definition) is 2. The summed E-state index contributed by atoms with van der Waals surface area (Å²) in [5, 5.41) is 0. The third-order valence-corrected chi connectivity index (χ3v) is 3.47. The van der Waals surface area contributed by atoms with Crippen molar-refractivity contribution in [3.8, 4) is 5.75 Å². The zero-order valence-corrected chi connectivity index (χ0v) is 12.6. The van der Waals surface area contributed by atoms with Crippen LogP contribution in [0.4, 0.5) is 0 Å². The Morgan fingerprint density at radius 1 is 1.19 bits per heavy atom. The molecule has 0 aliphatic carbocycles. The molecule has 110 valence electrons. The van der Waals surface area contributed by atoms with Crippen molar-refractivity contribution >= 4 is 0 Å². The highest BCUT2D eigenvalue weighted by molar-refractivity contribution is 5.39. The molecule has 0 fully saturated rings. The van der Waals surface area contributed by atoms with Gasteiger partial charge in [-0.05, 0) is 36.1 Å². The lowest BCUT2D eigenvalue weighted by Crippen LogP contribution is -2.07. The van der Waals surface area contributed by atoms with Gasteiger partial charge in [0.25, 0.3) is 0 Å². The van der Waals surface area contributed by atoms with Crippen molar-refractivity contribution in [2.24, 2.45) is 5.73 Å². The maximum absolute atomic E-state index is 5.94. The number of hydrogen-bond donors (Lipinski definition) is 1. The van der Waals surface area contributed by atoms with Crippen LogP contribution in [0.5, 0.6) is 5.75 Å². The minimum atomic E-state index is 0.0342. The molecule has 2 aromatic carbocycles. The first kappa shape index (κ1) is 15.3. The first-order chi connectivity index (χ1) is 10.2. The first-order valence-electron chi connectivity index (χ1n) is 7.36. The molecule has 1 unspecified atom stereocenters. The molecular formula is C19H23NO. The van der Waals surface area contributed by atoms with E-state index in [1.165, 1.54) is 5.56 Å². The molecule has 0 heterocycles. The van der Waals surface area contributed by atoms with Crippen molar-refractivity contribution in [2.75, 3.05) is 6.61 Å². The summed E-state index contributed by atoms with van der Waals surface area (Å²) in [5.41, 5.74) is 9.50. The van der Waals surface area contributed by atoms with Crippen LogP contribution >= 0.6 is 0 Å². The molecule has 1 atom stereocenters. The SMILES string of the molecule is C=CCc1cc(C(C)N)ccc1OCCc1ccccc1. The van der Waals surface area contributed by atoms with E-state index in [-0.39, 0.29) is 6.04 Å². The predicted octanol–water partition coefficient (Wildman–Crippen LogP) is 4.06. The second kappa shape index (κ2) is 7.65. The van der Waals surface area contributed by atoms with E-state index in [4.69, 9.17) is 10.5 Å². The lowest BCUT2D eigenvalue weighted by atomic mass is 10.0. The summed E-state index contributed by atoms with van der Waals surface area (Å²) < 4.78 is 5.94. The fraction of sp³-hybridized carbons (Fsp3) is 0.263. The van der Waals surface area contributed by atoms with Gasteiger partial charge in [-0.2, -0.15) is 0 Å². The van der Waals surface area contributed by atoms with Crippen molar-refractivity contribution in [3.05, 3.63) is 77.9 Å². The third kappa shape index (κ3) is 4.47. The maximum atomic E-state index is 5.94. The molecule has 2 rings (SSSR count). The average molecular weight is 281 g/mol. The van der Waals surface area contributed by atoms with E-state index in [0.29, 0.717) is 6.61 Å². The Hall–Kier alpha value is -2.06. The predicted molar refractivity (Wildman–Crippen MR) is 88.6 cm³/mol. The van der Waals surface area contributed by atoms with E-state index in [2.05, 4.69) is 36.9 Å². The molecule has 2 nitrogen and oxygen atoms in total. The van der Waals surface area contributed by atoms with Gasteiger partial charge in [-0.25, -0.2) is 0 Å². The molecule has 0 saturated heterocycles. The van der Waals surface area contributed by atoms with Crippen LogP contribution in [0.25, 0.3) is 0 Å². The fourth-order valence-electron chi connectivity index (χ4n) is 2.26. The second-order valence-corrected chi connectivity index (χ2v) is 5.23. The zero-order chi connectivity index (χ0) is 15.1. The summed E-state index contributed by atoms with van der Waals surface area (Å²) in [7, 11) is 0. The number of benzene rings is 2. The van der Waals surface area contributed by atoms with Crippen LogP contribution in [0.2, 0.25) is 0 Å². The smallest absolute Gasteiger partial charge is 0.122 e. The number of allylic oxidation sites excluding steroid dienone is 1. The Labute approximate surface area is 127 Å². The monoisotopic (exact) mass is 281 g/mol. The Kier molecular flexibility index (Phi) is 5.59. The van der Waals surface area contributed by atoms with Gasteiger partial charge < -0.3 is 10.5 Å². The van der Waals surface area contributed by atoms with Gasteiger partial charge in [0.1, 0.15) is 5.75 Å². The van der Waals surface area contributed by atoms with Crippen LogP contribution in [0.15, 0.2) is 61.2 Å². The Balaban J connectivity index is 2.03. The summed E-state index contributed by atoms with van der Waals surface area (Å²) in [6.45, 7) is 6.47. The van der Waals surface area contributed by atoms with Crippen LogP contribution in [0.1, 0.15) is 29.7 Å². The molecule has 0 saturated carbocycles. The molecule has 2 N–H and O–H groups in total. The van der Waals surface area contributed by atoms with E-state index in [1.54, 1.807) is 0 Å². The molecule has 0 spiro atoms. The van der Waals surface area contributed by atoms with Crippen molar-refractivity contribution in [1.82, 2.24) is 0 Å². The van der Waals surface area contributed by atoms with E-state index < -0.39 is 0 Å². The lowest BCUT2D eigenvalue weighted by Gasteiger charge is -2.14. The highest BCUT2D eigenvalue weighted by atomic mass is 16.5. The number of ether oxygens (including phenoxy) is 1. The standard InChI is InChI=1S/C19H23NO/c1-3-7-18-14-17(15(2)20)10-11-19(18)21-13-12-16-8-5-4-6-9-16/h3-6,8-11,14-15H,1,7,12-13,20H2,2H3. The van der Waals surface area contributed by atoms with Gasteiger partial charge in [0.15, 0.2) is 0 Å². The Morgan fingerprint density at radius 3 is 2.62 bits per heavy atom. The first-order valence-corrected chi connectivity index (χ1v) is 7.36. The molecule has 2 heteroatoms. The van der Waals surface area contributed by atoms with Crippen molar-refractivity contribution in [2.45, 2.75) is 25.8 Å². The van der Waals surface area contributed by atoms with Crippen LogP contribution in [-0.4, -0.2) is 6.61 Å². The molecule has 0 bridgehead atoms. The highest BCUT2D eigenvalue weighted by Crippen LogP contribution is 2.24. The summed E-state index contributed by atoms with van der Waals surface area (Å²) >= 11 is 0. The summed E-state index contributed by atoms with van der Waals surface area (Å²) in [6, 6.07) is 16.6. The molecule has 0 aliphatic rings. The second-order valence-electron chi connectivity index (χ2n) is 5.23. The molecule has 0 amide bonds. The summed E-state index contributed by atoms with van der Waals surface area (Å²) in [5.74, 6) is 0.926. The molecule has 21 heavy (non-hydrogen) atoms. The lowest BCUT2D eigenvalue weighted by molar-refractivity contribution is 0.319. The molecular weight excluding hydrogens is 258 g/mol. The fourth-order valence-corrected chi connectivity index (χ4v) is 2.26. The van der Waals surface area contributed by atoms with E-state index in [9.17, 15) is 0 Å². The Morgan fingerprint density at radius 2 is 1.95 bits per heavy atom. The summed E-state index contributed by atoms with van der Waals surface area (Å²) in [6.07, 6.45) is 3.59. The maximum Gasteiger partial charge on any atom is 0.122 e. The number of rotatable bonds is 7. The summed E-state index contributed by atoms with van der Waals surface area (Å²) in [4.78, 5) is 0. The third-order valence-electron chi connectivity index (χ3n) is 3.47. The number of nitrogens with two attached hydrogens (primary N) is 1. The quantitative estimate of drug-likeness (QED) is 0.777. The van der Waals surface area contributed by atoms with E-state index in [1.807, 2.05) is 31.2 Å². The average Bonchev–Trinajstić information content (AvgIpc) is 2.50. The van der Waals surface area contributed by atoms with E-state index >= 15 is 0 Å². The van der Waals surface area contributed by atoms with Crippen LogP contribution < -0.4 is 10.5 Å². The van der Waals surface area contributed by atoms with Gasteiger partial charge in [-0.1, -0.05) is 48.5 Å². The van der Waals surface area contributed by atoms with Crippen molar-refractivity contribution in [3.63, 3.8) is 0 Å². The van der Waals surface area contributed by atoms with Crippen LogP contribution in [-0.2, 0) is 12.8 Å². The topological polar surface area (TPSA) is 35.2 Å². The van der Waals surface area contributed by atoms with Crippen molar-refractivity contribution in [1.29, 1.82) is 0 Å². The van der Waals surface area contributed by atoms with Gasteiger partial charge in [-0.3, -0.25) is 0 Å². The zero-order valence-electron chi connectivity index (χ0n) is 12.6. The highest BCUT2D eigenvalue weighted by Gasteiger charge is 2.07. The molecule has 0 aliphatic heterocycles.